The van der Waals surface area contributed by atoms with Gasteiger partial charge in [-0.05, 0) is 29.7 Å². The minimum atomic E-state index is -0.854. The lowest BCUT2D eigenvalue weighted by atomic mass is 9.94. The van der Waals surface area contributed by atoms with Crippen LogP contribution in [0, 0.1) is 6.92 Å². The van der Waals surface area contributed by atoms with Crippen molar-refractivity contribution >= 4 is 5.97 Å². The van der Waals surface area contributed by atoms with E-state index in [1.807, 2.05) is 19.1 Å². The molecule has 5 heteroatoms. The Bertz CT molecular complexity index is 711. The summed E-state index contributed by atoms with van der Waals surface area (Å²) in [6, 6.07) is 5.50. The van der Waals surface area contributed by atoms with Crippen LogP contribution in [0.1, 0.15) is 33.3 Å². The number of fused-ring (bicyclic) bond motifs is 1. The van der Waals surface area contributed by atoms with Crippen molar-refractivity contribution in [2.24, 2.45) is 0 Å². The third kappa shape index (κ3) is 2.30. The molecule has 1 aromatic heterocycles. The topological polar surface area (TPSA) is 68.7 Å². The minimum Gasteiger partial charge on any atom is -0.465 e. The number of methoxy groups -OCH3 is 1. The Labute approximate surface area is 122 Å². The number of aliphatic hydroxyl groups is 1. The van der Waals surface area contributed by atoms with Crippen molar-refractivity contribution in [2.75, 3.05) is 7.11 Å². The van der Waals surface area contributed by atoms with Crippen LogP contribution in [0.5, 0.6) is 0 Å². The molecule has 1 unspecified atom stereocenters. The fourth-order valence-corrected chi connectivity index (χ4v) is 2.58. The Morgan fingerprint density at radius 3 is 3.00 bits per heavy atom. The third-order valence-corrected chi connectivity index (χ3v) is 3.76. The molecule has 3 rings (SSSR count). The zero-order valence-electron chi connectivity index (χ0n) is 11.8. The van der Waals surface area contributed by atoms with E-state index in [-0.39, 0.29) is 0 Å². The number of aliphatic hydroxyl groups excluding tert-OH is 1. The predicted molar refractivity (Wildman–Crippen MR) is 75.5 cm³/mol. The van der Waals surface area contributed by atoms with Gasteiger partial charge in [-0.25, -0.2) is 4.79 Å². The third-order valence-electron chi connectivity index (χ3n) is 3.76. The maximum Gasteiger partial charge on any atom is 0.339 e. The fourth-order valence-electron chi connectivity index (χ4n) is 2.58. The highest BCUT2D eigenvalue weighted by Gasteiger charge is 2.24. The van der Waals surface area contributed by atoms with E-state index in [9.17, 15) is 9.90 Å². The van der Waals surface area contributed by atoms with E-state index in [0.29, 0.717) is 12.2 Å². The van der Waals surface area contributed by atoms with Crippen molar-refractivity contribution in [3.63, 3.8) is 0 Å². The summed E-state index contributed by atoms with van der Waals surface area (Å²) in [6.07, 6.45) is 2.32. The first-order chi connectivity index (χ1) is 10.1. The number of nitrogens with zero attached hydrogens (tertiary/aromatic N) is 1. The number of carbonyl (C=O) groups is 1. The summed E-state index contributed by atoms with van der Waals surface area (Å²) in [5, 5.41) is 9.72. The molecule has 1 aromatic carbocycles. The second-order valence-electron chi connectivity index (χ2n) is 4.92. The van der Waals surface area contributed by atoms with Gasteiger partial charge in [-0.15, -0.1) is 0 Å². The van der Waals surface area contributed by atoms with Gasteiger partial charge < -0.3 is 14.6 Å². The Balaban J connectivity index is 2.08. The number of benzene rings is 1. The quantitative estimate of drug-likeness (QED) is 0.858. The predicted octanol–water partition coefficient (Wildman–Crippen LogP) is 2.36. The average Bonchev–Trinajstić information content (AvgIpc) is 2.89. The fraction of sp³-hybridized carbons (Fsp3) is 0.250. The summed E-state index contributed by atoms with van der Waals surface area (Å²) >= 11 is 0. The maximum atomic E-state index is 11.6. The van der Waals surface area contributed by atoms with E-state index < -0.39 is 12.3 Å². The van der Waals surface area contributed by atoms with Crippen molar-refractivity contribution in [3.05, 3.63) is 52.8 Å². The molecule has 0 radical (unpaired) electrons. The number of esters is 1. The summed E-state index contributed by atoms with van der Waals surface area (Å²) in [5.41, 5.74) is 5.01. The standard InChI is InChI=1S/C16H15NO4/c1-9-12(3-4-13-14(9)8-21-16(13)19)10-5-11(7-17-6-10)15(18)20-2/h3-7,16,19H,8H2,1-2H3. The number of rotatable bonds is 2. The first kappa shape index (κ1) is 13.7. The van der Waals surface area contributed by atoms with Crippen molar-refractivity contribution in [3.8, 4) is 11.1 Å². The van der Waals surface area contributed by atoms with Gasteiger partial charge in [0.1, 0.15) is 0 Å². The molecule has 0 aliphatic carbocycles. The number of pyridine rings is 1. The molecule has 5 nitrogen and oxygen atoms in total. The molecule has 0 fully saturated rings. The van der Waals surface area contributed by atoms with Gasteiger partial charge in [0.25, 0.3) is 0 Å². The van der Waals surface area contributed by atoms with Crippen molar-refractivity contribution in [2.45, 2.75) is 19.8 Å². The lowest BCUT2D eigenvalue weighted by Gasteiger charge is -2.11. The van der Waals surface area contributed by atoms with E-state index in [0.717, 1.165) is 27.8 Å². The highest BCUT2D eigenvalue weighted by molar-refractivity contribution is 5.90. The first-order valence-electron chi connectivity index (χ1n) is 6.57. The second-order valence-corrected chi connectivity index (χ2v) is 4.92. The largest absolute Gasteiger partial charge is 0.465 e. The van der Waals surface area contributed by atoms with Crippen LogP contribution in [0.15, 0.2) is 30.6 Å². The zero-order chi connectivity index (χ0) is 15.0. The minimum absolute atomic E-state index is 0.389. The SMILES string of the molecule is COC(=O)c1cncc(-c2ccc3c(c2C)COC3O)c1. The second kappa shape index (κ2) is 5.27. The molecule has 1 aliphatic heterocycles. The Morgan fingerprint density at radius 1 is 1.43 bits per heavy atom. The monoisotopic (exact) mass is 285 g/mol. The van der Waals surface area contributed by atoms with E-state index >= 15 is 0 Å². The first-order valence-corrected chi connectivity index (χ1v) is 6.57. The molecule has 1 N–H and O–H groups in total. The molecule has 2 heterocycles. The van der Waals surface area contributed by atoms with Gasteiger partial charge in [0.2, 0.25) is 0 Å². The number of hydrogen-bond donors (Lipinski definition) is 1. The van der Waals surface area contributed by atoms with Gasteiger partial charge >= 0.3 is 5.97 Å². The van der Waals surface area contributed by atoms with Crippen LogP contribution in [0.4, 0.5) is 0 Å². The van der Waals surface area contributed by atoms with Gasteiger partial charge in [-0.1, -0.05) is 12.1 Å². The number of hydrogen-bond acceptors (Lipinski definition) is 5. The highest BCUT2D eigenvalue weighted by atomic mass is 16.6. The lowest BCUT2D eigenvalue weighted by molar-refractivity contribution is -0.0918. The van der Waals surface area contributed by atoms with Gasteiger partial charge in [0.05, 0.1) is 19.3 Å². The van der Waals surface area contributed by atoms with Crippen molar-refractivity contribution in [1.82, 2.24) is 4.98 Å². The smallest absolute Gasteiger partial charge is 0.339 e. The summed E-state index contributed by atoms with van der Waals surface area (Å²) in [4.78, 5) is 15.7. The highest BCUT2D eigenvalue weighted by Crippen LogP contribution is 2.35. The zero-order valence-corrected chi connectivity index (χ0v) is 11.8. The lowest BCUT2D eigenvalue weighted by Crippen LogP contribution is -2.02. The average molecular weight is 285 g/mol. The van der Waals surface area contributed by atoms with Crippen LogP contribution >= 0.6 is 0 Å². The van der Waals surface area contributed by atoms with Crippen LogP contribution in [-0.2, 0) is 16.1 Å². The Kier molecular flexibility index (Phi) is 3.45. The van der Waals surface area contributed by atoms with Crippen LogP contribution in [-0.4, -0.2) is 23.2 Å². The van der Waals surface area contributed by atoms with Gasteiger partial charge in [0, 0.05) is 23.5 Å². The molecule has 0 spiro atoms. The molecule has 0 saturated heterocycles. The molecule has 108 valence electrons. The van der Waals surface area contributed by atoms with E-state index in [2.05, 4.69) is 4.98 Å². The van der Waals surface area contributed by atoms with Gasteiger partial charge in [-0.3, -0.25) is 4.98 Å². The van der Waals surface area contributed by atoms with Crippen molar-refractivity contribution < 1.29 is 19.4 Å². The van der Waals surface area contributed by atoms with Crippen LogP contribution < -0.4 is 0 Å². The molecule has 21 heavy (non-hydrogen) atoms. The Morgan fingerprint density at radius 2 is 2.24 bits per heavy atom. The number of carbonyl (C=O) groups excluding carboxylic acids is 1. The summed E-state index contributed by atoms with van der Waals surface area (Å²) in [6.45, 7) is 2.36. The van der Waals surface area contributed by atoms with Crippen LogP contribution in [0.3, 0.4) is 0 Å². The van der Waals surface area contributed by atoms with Crippen LogP contribution in [0.25, 0.3) is 11.1 Å². The number of aromatic nitrogens is 1. The van der Waals surface area contributed by atoms with Crippen molar-refractivity contribution in [1.29, 1.82) is 0 Å². The number of ether oxygens (including phenoxy) is 2. The molecule has 0 bridgehead atoms. The summed E-state index contributed by atoms with van der Waals surface area (Å²) in [5.74, 6) is -0.415. The normalized spacial score (nSPS) is 16.6. The molecule has 1 aliphatic rings. The molecular weight excluding hydrogens is 270 g/mol. The van der Waals surface area contributed by atoms with E-state index in [1.165, 1.54) is 13.3 Å². The van der Waals surface area contributed by atoms with Gasteiger partial charge in [0.15, 0.2) is 6.29 Å². The maximum absolute atomic E-state index is 11.6. The molecule has 0 saturated carbocycles. The van der Waals surface area contributed by atoms with Gasteiger partial charge in [-0.2, -0.15) is 0 Å². The summed E-state index contributed by atoms with van der Waals surface area (Å²) in [7, 11) is 1.34. The Hall–Kier alpha value is -2.24. The molecule has 0 amide bonds. The molecule has 1 atom stereocenters. The van der Waals surface area contributed by atoms with E-state index in [4.69, 9.17) is 9.47 Å². The molecule has 2 aromatic rings. The molecular formula is C16H15NO4. The van der Waals surface area contributed by atoms with E-state index in [1.54, 1.807) is 12.3 Å². The van der Waals surface area contributed by atoms with Crippen LogP contribution in [0.2, 0.25) is 0 Å². The summed E-state index contributed by atoms with van der Waals surface area (Å²) < 4.78 is 9.95.